The maximum Gasteiger partial charge on any atom is 0.191 e. The largest absolute Gasteiger partial charge is 0.393 e. The summed E-state index contributed by atoms with van der Waals surface area (Å²) in [5.74, 6) is 2.59. The van der Waals surface area contributed by atoms with E-state index in [1.54, 1.807) is 0 Å². The van der Waals surface area contributed by atoms with Gasteiger partial charge in [0.15, 0.2) is 11.8 Å². The molecule has 0 atom stereocenters. The quantitative estimate of drug-likeness (QED) is 0.417. The second kappa shape index (κ2) is 8.86. The molecule has 23 heavy (non-hydrogen) atoms. The van der Waals surface area contributed by atoms with Gasteiger partial charge in [-0.1, -0.05) is 13.3 Å². The van der Waals surface area contributed by atoms with Crippen LogP contribution < -0.4 is 10.6 Å². The van der Waals surface area contributed by atoms with E-state index in [0.29, 0.717) is 12.6 Å². The molecule has 0 amide bonds. The molecular weight excluding hydrogens is 292 g/mol. The Bertz CT molecular complexity index is 505. The zero-order chi connectivity index (χ0) is 16.7. The Morgan fingerprint density at radius 1 is 1.30 bits per heavy atom. The van der Waals surface area contributed by atoms with Gasteiger partial charge in [-0.15, -0.1) is 10.2 Å². The molecule has 1 aliphatic rings. The monoisotopic (exact) mass is 322 g/mol. The molecule has 0 aliphatic heterocycles. The molecule has 0 unspecified atom stereocenters. The topological polar surface area (TPSA) is 87.4 Å². The molecule has 7 heteroatoms. The number of rotatable bonds is 6. The van der Waals surface area contributed by atoms with Gasteiger partial charge in [-0.3, -0.25) is 0 Å². The van der Waals surface area contributed by atoms with Crippen molar-refractivity contribution >= 4 is 5.96 Å². The molecule has 0 bridgehead atoms. The molecule has 7 nitrogen and oxygen atoms in total. The van der Waals surface area contributed by atoms with Crippen molar-refractivity contribution in [2.24, 2.45) is 12.0 Å². The Hall–Kier alpha value is -1.63. The summed E-state index contributed by atoms with van der Waals surface area (Å²) >= 11 is 0. The highest BCUT2D eigenvalue weighted by Gasteiger charge is 2.20. The van der Waals surface area contributed by atoms with Crippen LogP contribution in [0, 0.1) is 6.92 Å². The fourth-order valence-corrected chi connectivity index (χ4v) is 2.69. The summed E-state index contributed by atoms with van der Waals surface area (Å²) in [7, 11) is 1.96. The minimum Gasteiger partial charge on any atom is -0.393 e. The van der Waals surface area contributed by atoms with E-state index in [1.807, 2.05) is 18.5 Å². The highest BCUT2D eigenvalue weighted by molar-refractivity contribution is 5.80. The molecule has 1 fully saturated rings. The second-order valence-corrected chi connectivity index (χ2v) is 6.32. The molecular formula is C16H30N6O. The van der Waals surface area contributed by atoms with E-state index in [2.05, 4.69) is 32.7 Å². The second-order valence-electron chi connectivity index (χ2n) is 6.32. The fraction of sp³-hybridized carbons (Fsp3) is 0.812. The number of guanidine groups is 1. The van der Waals surface area contributed by atoms with Crippen molar-refractivity contribution in [2.75, 3.05) is 6.54 Å². The normalized spacial score (nSPS) is 22.2. The van der Waals surface area contributed by atoms with Crippen molar-refractivity contribution < 1.29 is 5.11 Å². The van der Waals surface area contributed by atoms with Crippen molar-refractivity contribution in [3.63, 3.8) is 0 Å². The van der Waals surface area contributed by atoms with Gasteiger partial charge in [-0.25, -0.2) is 4.99 Å². The molecule has 1 heterocycles. The number of unbranched alkanes of at least 4 members (excludes halogenated alkanes) is 1. The average Bonchev–Trinajstić information content (AvgIpc) is 2.86. The Balaban J connectivity index is 1.95. The maximum atomic E-state index is 9.63. The van der Waals surface area contributed by atoms with Crippen LogP contribution in [0.2, 0.25) is 0 Å². The van der Waals surface area contributed by atoms with E-state index in [9.17, 15) is 5.11 Å². The van der Waals surface area contributed by atoms with Crippen LogP contribution >= 0.6 is 0 Å². The minimum absolute atomic E-state index is 0.136. The Labute approximate surface area is 138 Å². The lowest BCUT2D eigenvalue weighted by Gasteiger charge is -2.27. The Morgan fingerprint density at radius 2 is 2.04 bits per heavy atom. The van der Waals surface area contributed by atoms with E-state index >= 15 is 0 Å². The molecule has 0 saturated heterocycles. The zero-order valence-corrected chi connectivity index (χ0v) is 14.5. The van der Waals surface area contributed by atoms with Crippen molar-refractivity contribution in [2.45, 2.75) is 71.1 Å². The van der Waals surface area contributed by atoms with E-state index in [0.717, 1.165) is 62.7 Å². The van der Waals surface area contributed by atoms with Crippen LogP contribution in [0.5, 0.6) is 0 Å². The molecule has 2 rings (SSSR count). The van der Waals surface area contributed by atoms with Gasteiger partial charge in [0.05, 0.1) is 6.10 Å². The predicted octanol–water partition coefficient (Wildman–Crippen LogP) is 1.26. The number of hydrogen-bond donors (Lipinski definition) is 3. The number of aliphatic hydroxyl groups is 1. The molecule has 130 valence electrons. The maximum absolute atomic E-state index is 9.63. The van der Waals surface area contributed by atoms with Gasteiger partial charge in [0.25, 0.3) is 0 Å². The van der Waals surface area contributed by atoms with Crippen LogP contribution in [0.3, 0.4) is 0 Å². The number of aliphatic imine (C=N–C) groups is 1. The summed E-state index contributed by atoms with van der Waals surface area (Å²) in [6.07, 6.45) is 5.83. The summed E-state index contributed by atoms with van der Waals surface area (Å²) in [4.78, 5) is 4.66. The number of hydrogen-bond acceptors (Lipinski definition) is 4. The molecule has 0 aromatic carbocycles. The average molecular weight is 322 g/mol. The van der Waals surface area contributed by atoms with Crippen molar-refractivity contribution in [1.29, 1.82) is 0 Å². The first-order valence-corrected chi connectivity index (χ1v) is 8.68. The van der Waals surface area contributed by atoms with Crippen LogP contribution in [-0.4, -0.2) is 44.5 Å². The van der Waals surface area contributed by atoms with Crippen LogP contribution in [0.1, 0.15) is 57.1 Å². The smallest absolute Gasteiger partial charge is 0.191 e. The summed E-state index contributed by atoms with van der Waals surface area (Å²) in [5.41, 5.74) is 0. The standard InChI is InChI=1S/C16H30N6O/c1-4-5-10-17-16(19-13-6-8-14(23)9-7-13)18-11-15-21-20-12(2)22(15)3/h13-14,23H,4-11H2,1-3H3,(H2,17,18,19). The molecule has 0 spiro atoms. The molecule has 0 radical (unpaired) electrons. The highest BCUT2D eigenvalue weighted by Crippen LogP contribution is 2.18. The third kappa shape index (κ3) is 5.49. The first-order valence-electron chi connectivity index (χ1n) is 8.68. The van der Waals surface area contributed by atoms with E-state index < -0.39 is 0 Å². The fourth-order valence-electron chi connectivity index (χ4n) is 2.69. The SMILES string of the molecule is CCCCNC(=NCc1nnc(C)n1C)NC1CCC(O)CC1. The highest BCUT2D eigenvalue weighted by atomic mass is 16.3. The molecule has 3 N–H and O–H groups in total. The lowest BCUT2D eigenvalue weighted by Crippen LogP contribution is -2.45. The summed E-state index contributed by atoms with van der Waals surface area (Å²) in [5, 5.41) is 24.8. The lowest BCUT2D eigenvalue weighted by molar-refractivity contribution is 0.120. The first kappa shape index (κ1) is 17.7. The Morgan fingerprint density at radius 3 is 2.65 bits per heavy atom. The van der Waals surface area contributed by atoms with Crippen LogP contribution in [0.4, 0.5) is 0 Å². The van der Waals surface area contributed by atoms with Gasteiger partial charge in [0.2, 0.25) is 0 Å². The van der Waals surface area contributed by atoms with Crippen LogP contribution in [0.25, 0.3) is 0 Å². The zero-order valence-electron chi connectivity index (χ0n) is 14.5. The van der Waals surface area contributed by atoms with Gasteiger partial charge in [0.1, 0.15) is 12.4 Å². The van der Waals surface area contributed by atoms with E-state index in [1.165, 1.54) is 0 Å². The summed E-state index contributed by atoms with van der Waals surface area (Å²) in [6.45, 7) is 5.53. The predicted molar refractivity (Wildman–Crippen MR) is 91.2 cm³/mol. The van der Waals surface area contributed by atoms with Gasteiger partial charge in [-0.2, -0.15) is 0 Å². The third-order valence-electron chi connectivity index (χ3n) is 4.42. The number of nitrogens with zero attached hydrogens (tertiary/aromatic N) is 4. The van der Waals surface area contributed by atoms with Crippen LogP contribution in [0.15, 0.2) is 4.99 Å². The van der Waals surface area contributed by atoms with Crippen molar-refractivity contribution in [1.82, 2.24) is 25.4 Å². The van der Waals surface area contributed by atoms with E-state index in [4.69, 9.17) is 0 Å². The summed E-state index contributed by atoms with van der Waals surface area (Å²) < 4.78 is 1.96. The number of aryl methyl sites for hydroxylation is 1. The Kier molecular flexibility index (Phi) is 6.83. The van der Waals surface area contributed by atoms with Gasteiger partial charge in [-0.05, 0) is 39.0 Å². The first-order chi connectivity index (χ1) is 11.1. The third-order valence-corrected chi connectivity index (χ3v) is 4.42. The van der Waals surface area contributed by atoms with Crippen molar-refractivity contribution in [3.05, 3.63) is 11.6 Å². The minimum atomic E-state index is -0.136. The molecule has 1 aromatic rings. The lowest BCUT2D eigenvalue weighted by atomic mass is 9.93. The van der Waals surface area contributed by atoms with Gasteiger partial charge in [0, 0.05) is 19.6 Å². The number of nitrogens with one attached hydrogen (secondary N) is 2. The molecule has 1 aromatic heterocycles. The van der Waals surface area contributed by atoms with E-state index in [-0.39, 0.29) is 6.10 Å². The van der Waals surface area contributed by atoms with Gasteiger partial charge >= 0.3 is 0 Å². The van der Waals surface area contributed by atoms with Gasteiger partial charge < -0.3 is 20.3 Å². The number of aliphatic hydroxyl groups excluding tert-OH is 1. The summed E-state index contributed by atoms with van der Waals surface area (Å²) in [6, 6.07) is 0.382. The molecule has 1 aliphatic carbocycles. The van der Waals surface area contributed by atoms with Crippen molar-refractivity contribution in [3.8, 4) is 0 Å². The number of aromatic nitrogens is 3. The van der Waals surface area contributed by atoms with Crippen LogP contribution in [-0.2, 0) is 13.6 Å². The molecule has 1 saturated carbocycles.